The molecular weight excluding hydrogens is 1210 g/mol. The molecule has 546 valence electrons. The van der Waals surface area contributed by atoms with E-state index in [1.54, 1.807) is 0 Å². The Bertz CT molecular complexity index is 1790. The van der Waals surface area contributed by atoms with E-state index < -0.39 is 97.5 Å². The molecular formula is C73H142O17P2. The van der Waals surface area contributed by atoms with Crippen molar-refractivity contribution in [1.82, 2.24) is 0 Å². The highest BCUT2D eigenvalue weighted by Crippen LogP contribution is 2.45. The van der Waals surface area contributed by atoms with Crippen LogP contribution in [-0.2, 0) is 65.4 Å². The summed E-state index contributed by atoms with van der Waals surface area (Å²) >= 11 is 0. The third kappa shape index (κ3) is 65.4. The lowest BCUT2D eigenvalue weighted by Gasteiger charge is -2.21. The van der Waals surface area contributed by atoms with Crippen molar-refractivity contribution in [3.8, 4) is 0 Å². The van der Waals surface area contributed by atoms with Crippen molar-refractivity contribution in [2.24, 2.45) is 11.8 Å². The first-order chi connectivity index (χ1) is 44.4. The predicted octanol–water partition coefficient (Wildman–Crippen LogP) is 21.2. The van der Waals surface area contributed by atoms with Gasteiger partial charge in [-0.15, -0.1) is 0 Å². The van der Waals surface area contributed by atoms with Gasteiger partial charge in [-0.2, -0.15) is 0 Å². The van der Waals surface area contributed by atoms with Gasteiger partial charge in [-0.3, -0.25) is 37.3 Å². The van der Waals surface area contributed by atoms with E-state index in [9.17, 15) is 43.2 Å². The molecule has 0 aliphatic heterocycles. The molecule has 0 aromatic rings. The van der Waals surface area contributed by atoms with Gasteiger partial charge in [-0.1, -0.05) is 324 Å². The molecule has 3 N–H and O–H groups in total. The third-order valence-electron chi connectivity index (χ3n) is 17.3. The summed E-state index contributed by atoms with van der Waals surface area (Å²) in [6, 6.07) is 0. The van der Waals surface area contributed by atoms with E-state index in [4.69, 9.17) is 37.0 Å². The molecule has 0 fully saturated rings. The van der Waals surface area contributed by atoms with Crippen LogP contribution in [0.4, 0.5) is 0 Å². The Labute approximate surface area is 562 Å². The number of phosphoric ester groups is 2. The van der Waals surface area contributed by atoms with Crippen molar-refractivity contribution in [3.05, 3.63) is 0 Å². The van der Waals surface area contributed by atoms with Crippen LogP contribution in [0.5, 0.6) is 0 Å². The van der Waals surface area contributed by atoms with Gasteiger partial charge >= 0.3 is 39.5 Å². The van der Waals surface area contributed by atoms with Gasteiger partial charge < -0.3 is 33.8 Å². The molecule has 0 saturated carbocycles. The number of hydrogen-bond donors (Lipinski definition) is 3. The SMILES string of the molecule is CCCCCCCCCCC(=O)OC[C@H](COP(=O)(O)OC[C@H](O)COP(=O)(O)OC[C@@H](COC(=O)CCCCCCCCCCCCCCCCC(C)CC)OC(=O)CCCCCCCCCCCCCCCCCC(C)C)OC(=O)CCCCCCCCCC. The minimum absolute atomic E-state index is 0.105. The maximum atomic E-state index is 13.1. The van der Waals surface area contributed by atoms with Gasteiger partial charge in [0.25, 0.3) is 0 Å². The van der Waals surface area contributed by atoms with Crippen LogP contribution in [-0.4, -0.2) is 96.7 Å². The van der Waals surface area contributed by atoms with Crippen LogP contribution >= 0.6 is 15.6 Å². The molecule has 0 aromatic carbocycles. The number of ether oxygens (including phenoxy) is 4. The molecule has 0 amide bonds. The van der Waals surface area contributed by atoms with Crippen molar-refractivity contribution in [2.45, 2.75) is 394 Å². The second-order valence-corrected chi connectivity index (χ2v) is 30.0. The minimum Gasteiger partial charge on any atom is -0.462 e. The molecule has 0 bridgehead atoms. The number of hydrogen-bond acceptors (Lipinski definition) is 15. The van der Waals surface area contributed by atoms with E-state index in [0.29, 0.717) is 25.7 Å². The number of aliphatic hydroxyl groups excluding tert-OH is 1. The maximum absolute atomic E-state index is 13.1. The fourth-order valence-corrected chi connectivity index (χ4v) is 12.7. The first kappa shape index (κ1) is 90.1. The van der Waals surface area contributed by atoms with E-state index in [-0.39, 0.29) is 25.7 Å². The van der Waals surface area contributed by atoms with E-state index >= 15 is 0 Å². The largest absolute Gasteiger partial charge is 0.472 e. The Kier molecular flexibility index (Phi) is 63.7. The number of phosphoric acid groups is 2. The Morgan fingerprint density at radius 1 is 0.315 bits per heavy atom. The summed E-state index contributed by atoms with van der Waals surface area (Å²) in [4.78, 5) is 72.5. The molecule has 6 atom stereocenters. The monoisotopic (exact) mass is 1350 g/mol. The molecule has 19 heteroatoms. The van der Waals surface area contributed by atoms with Crippen LogP contribution in [0.15, 0.2) is 0 Å². The fourth-order valence-electron chi connectivity index (χ4n) is 11.1. The molecule has 3 unspecified atom stereocenters. The Morgan fingerprint density at radius 2 is 0.554 bits per heavy atom. The van der Waals surface area contributed by atoms with Crippen molar-refractivity contribution in [3.63, 3.8) is 0 Å². The number of rotatable bonds is 72. The fraction of sp³-hybridized carbons (Fsp3) is 0.945. The summed E-state index contributed by atoms with van der Waals surface area (Å²) in [6.07, 6.45) is 51.4. The normalized spacial score (nSPS) is 14.4. The number of carbonyl (C=O) groups excluding carboxylic acids is 4. The predicted molar refractivity (Wildman–Crippen MR) is 372 cm³/mol. The van der Waals surface area contributed by atoms with Gasteiger partial charge in [-0.25, -0.2) is 9.13 Å². The van der Waals surface area contributed by atoms with Crippen LogP contribution in [0.3, 0.4) is 0 Å². The highest BCUT2D eigenvalue weighted by Gasteiger charge is 2.30. The van der Waals surface area contributed by atoms with Crippen molar-refractivity contribution >= 4 is 39.5 Å². The first-order valence-electron chi connectivity index (χ1n) is 38.0. The highest BCUT2D eigenvalue weighted by atomic mass is 31.2. The zero-order valence-electron chi connectivity index (χ0n) is 59.9. The molecule has 0 saturated heterocycles. The smallest absolute Gasteiger partial charge is 0.462 e. The molecule has 92 heavy (non-hydrogen) atoms. The summed E-state index contributed by atoms with van der Waals surface area (Å²) < 4.78 is 68.2. The number of esters is 4. The summed E-state index contributed by atoms with van der Waals surface area (Å²) in [5.74, 6) is -0.472. The number of unbranched alkanes of at least 4 members (excludes halogenated alkanes) is 41. The molecule has 0 aliphatic rings. The molecule has 0 aromatic heterocycles. The van der Waals surface area contributed by atoms with Gasteiger partial charge in [0.2, 0.25) is 0 Å². The lowest BCUT2D eigenvalue weighted by atomic mass is 9.99. The van der Waals surface area contributed by atoms with Crippen LogP contribution in [0.1, 0.15) is 375 Å². The molecule has 0 radical (unpaired) electrons. The molecule has 0 heterocycles. The van der Waals surface area contributed by atoms with E-state index in [1.165, 1.54) is 180 Å². The second kappa shape index (κ2) is 65.0. The van der Waals surface area contributed by atoms with Crippen molar-refractivity contribution in [2.75, 3.05) is 39.6 Å². The maximum Gasteiger partial charge on any atom is 0.472 e. The highest BCUT2D eigenvalue weighted by molar-refractivity contribution is 7.47. The average molecular weight is 1350 g/mol. The van der Waals surface area contributed by atoms with Crippen LogP contribution < -0.4 is 0 Å². The Morgan fingerprint density at radius 3 is 0.826 bits per heavy atom. The van der Waals surface area contributed by atoms with Gasteiger partial charge in [-0.05, 0) is 37.5 Å². The van der Waals surface area contributed by atoms with Gasteiger partial charge in [0.05, 0.1) is 26.4 Å². The topological polar surface area (TPSA) is 237 Å². The lowest BCUT2D eigenvalue weighted by Crippen LogP contribution is -2.30. The molecule has 0 aliphatic carbocycles. The second-order valence-electron chi connectivity index (χ2n) is 27.1. The Balaban J connectivity index is 5.17. The standard InChI is InChI=1S/C73H142O17P2/c1-7-10-12-14-16-37-43-49-55-70(75)83-61-68(89-72(77)57-51-45-38-17-15-13-11-8-2)63-87-91(79,80)85-59-67(74)60-86-92(81,82)88-64-69(90-73(78)58-52-46-40-34-30-26-20-18-19-23-27-31-35-41-47-53-65(4)5)62-84-71(76)56-50-44-39-33-29-25-22-21-24-28-32-36-42-48-54-66(6)9-3/h65-69,74H,7-64H2,1-6H3,(H,79,80)(H,81,82)/t66?,67-,68+,69+/m0/s1. The van der Waals surface area contributed by atoms with Gasteiger partial charge in [0.1, 0.15) is 19.3 Å². The minimum atomic E-state index is -4.95. The summed E-state index contributed by atoms with van der Waals surface area (Å²) in [7, 11) is -9.90. The zero-order chi connectivity index (χ0) is 67.9. The van der Waals surface area contributed by atoms with Crippen LogP contribution in [0.2, 0.25) is 0 Å². The Hall–Kier alpha value is -1.94. The third-order valence-corrected chi connectivity index (χ3v) is 19.2. The molecule has 0 spiro atoms. The van der Waals surface area contributed by atoms with Gasteiger partial charge in [0.15, 0.2) is 12.2 Å². The van der Waals surface area contributed by atoms with E-state index in [1.807, 2.05) is 0 Å². The summed E-state index contributed by atoms with van der Waals surface area (Å²) in [5.41, 5.74) is 0. The number of aliphatic hydroxyl groups is 1. The average Bonchev–Trinajstić information content (AvgIpc) is 2.87. The van der Waals surface area contributed by atoms with Gasteiger partial charge in [0, 0.05) is 25.7 Å². The number of carbonyl (C=O) groups is 4. The lowest BCUT2D eigenvalue weighted by molar-refractivity contribution is -0.161. The van der Waals surface area contributed by atoms with Crippen molar-refractivity contribution < 1.29 is 80.2 Å². The zero-order valence-corrected chi connectivity index (χ0v) is 61.6. The summed E-state index contributed by atoms with van der Waals surface area (Å²) in [6.45, 7) is 9.60. The van der Waals surface area contributed by atoms with E-state index in [2.05, 4.69) is 41.5 Å². The van der Waals surface area contributed by atoms with Crippen LogP contribution in [0.25, 0.3) is 0 Å². The van der Waals surface area contributed by atoms with Crippen molar-refractivity contribution in [1.29, 1.82) is 0 Å². The van der Waals surface area contributed by atoms with E-state index in [0.717, 1.165) is 115 Å². The summed E-state index contributed by atoms with van der Waals surface area (Å²) in [5, 5.41) is 10.6. The quantitative estimate of drug-likeness (QED) is 0.0222. The first-order valence-corrected chi connectivity index (χ1v) is 41.0. The molecule has 17 nitrogen and oxygen atoms in total. The molecule has 0 rings (SSSR count). The van der Waals surface area contributed by atoms with Crippen LogP contribution in [0, 0.1) is 11.8 Å².